The molecule has 0 N–H and O–H groups in total. The molecule has 2 amide bonds. The van der Waals surface area contributed by atoms with Gasteiger partial charge in [0.15, 0.2) is 11.5 Å². The molecule has 5 aromatic rings. The smallest absolute Gasteiger partial charge is 0.264 e. The Morgan fingerprint density at radius 1 is 0.500 bits per heavy atom. The van der Waals surface area contributed by atoms with Crippen molar-refractivity contribution in [2.75, 3.05) is 14.7 Å². The van der Waals surface area contributed by atoms with Gasteiger partial charge in [-0.05, 0) is 92.5 Å². The number of anilines is 7. The standard InChI is InChI=1S/C32H17Br2N3O3/c33-20-10-3-1-8-18(20)31(38)35-22-12-5-13-23-28(22)37-29-24(35)14-6-16-26(29)40-27-17-7-15-25(30(27)37)36(23)32(39)19-9-2-4-11-21(19)34/h1-17H. The minimum absolute atomic E-state index is 0.192. The van der Waals surface area contributed by atoms with E-state index in [1.54, 1.807) is 21.9 Å². The summed E-state index contributed by atoms with van der Waals surface area (Å²) >= 11 is 7.12. The van der Waals surface area contributed by atoms with Crippen molar-refractivity contribution in [1.82, 2.24) is 0 Å². The Kier molecular flexibility index (Phi) is 5.02. The van der Waals surface area contributed by atoms with E-state index in [4.69, 9.17) is 4.74 Å². The van der Waals surface area contributed by atoms with E-state index < -0.39 is 0 Å². The zero-order valence-electron chi connectivity index (χ0n) is 20.6. The number of halogens is 2. The van der Waals surface area contributed by atoms with Crippen LogP contribution >= 0.6 is 31.9 Å². The van der Waals surface area contributed by atoms with Crippen LogP contribution in [-0.2, 0) is 0 Å². The van der Waals surface area contributed by atoms with E-state index in [1.807, 2.05) is 91.0 Å². The first-order valence-corrected chi connectivity index (χ1v) is 14.2. The van der Waals surface area contributed by atoms with E-state index in [-0.39, 0.29) is 11.8 Å². The normalized spacial score (nSPS) is 13.5. The number of para-hydroxylation sites is 3. The third kappa shape index (κ3) is 3.08. The lowest BCUT2D eigenvalue weighted by molar-refractivity contribution is 0.0992. The number of carbonyl (C=O) groups is 2. The lowest BCUT2D eigenvalue weighted by Gasteiger charge is -2.48. The second-order valence-corrected chi connectivity index (χ2v) is 11.3. The number of nitrogens with zero attached hydrogens (tertiary/aromatic N) is 3. The number of carbonyl (C=O) groups excluding carboxylic acids is 2. The van der Waals surface area contributed by atoms with Crippen molar-refractivity contribution >= 4 is 83.5 Å². The van der Waals surface area contributed by atoms with E-state index in [1.165, 1.54) is 0 Å². The third-order valence-electron chi connectivity index (χ3n) is 7.42. The third-order valence-corrected chi connectivity index (χ3v) is 8.80. The molecule has 8 rings (SSSR count). The van der Waals surface area contributed by atoms with Gasteiger partial charge in [-0.25, -0.2) is 0 Å². The highest BCUT2D eigenvalue weighted by atomic mass is 79.9. The largest absolute Gasteiger partial charge is 0.453 e. The van der Waals surface area contributed by atoms with Crippen molar-refractivity contribution in [3.05, 3.63) is 123 Å². The zero-order chi connectivity index (χ0) is 27.1. The van der Waals surface area contributed by atoms with Crippen LogP contribution in [0, 0.1) is 0 Å². The van der Waals surface area contributed by atoms with Crippen LogP contribution in [0.4, 0.5) is 39.8 Å². The molecule has 0 atom stereocenters. The number of amides is 2. The average Bonchev–Trinajstić information content (AvgIpc) is 2.97. The Bertz CT molecular complexity index is 1810. The first-order chi connectivity index (χ1) is 19.5. The lowest BCUT2D eigenvalue weighted by Crippen LogP contribution is -2.39. The summed E-state index contributed by atoms with van der Waals surface area (Å²) in [6.07, 6.45) is 0. The second-order valence-electron chi connectivity index (χ2n) is 9.57. The molecule has 3 heterocycles. The van der Waals surface area contributed by atoms with Crippen LogP contribution < -0.4 is 19.4 Å². The fraction of sp³-hybridized carbons (Fsp3) is 0. The van der Waals surface area contributed by atoms with Crippen LogP contribution in [0.2, 0.25) is 0 Å². The van der Waals surface area contributed by atoms with Crippen molar-refractivity contribution < 1.29 is 14.3 Å². The van der Waals surface area contributed by atoms with Crippen LogP contribution in [0.5, 0.6) is 11.5 Å². The Hall–Kier alpha value is -4.40. The first-order valence-electron chi connectivity index (χ1n) is 12.6. The molecule has 0 bridgehead atoms. The summed E-state index contributed by atoms with van der Waals surface area (Å²) in [6.45, 7) is 0. The molecule has 0 radical (unpaired) electrons. The van der Waals surface area contributed by atoms with Crippen molar-refractivity contribution in [2.24, 2.45) is 0 Å². The van der Waals surface area contributed by atoms with Crippen LogP contribution in [0.15, 0.2) is 112 Å². The number of hydrogen-bond donors (Lipinski definition) is 0. The van der Waals surface area contributed by atoms with Gasteiger partial charge in [-0.1, -0.05) is 42.5 Å². The highest BCUT2D eigenvalue weighted by Gasteiger charge is 2.46. The van der Waals surface area contributed by atoms with Gasteiger partial charge < -0.3 is 4.74 Å². The minimum Gasteiger partial charge on any atom is -0.453 e. The highest BCUT2D eigenvalue weighted by molar-refractivity contribution is 9.10. The zero-order valence-corrected chi connectivity index (χ0v) is 23.8. The Labute approximate surface area is 246 Å². The van der Waals surface area contributed by atoms with Crippen LogP contribution in [0.3, 0.4) is 0 Å². The van der Waals surface area contributed by atoms with Crippen LogP contribution in [0.25, 0.3) is 0 Å². The molecular formula is C32H17Br2N3O3. The average molecular weight is 651 g/mol. The van der Waals surface area contributed by atoms with E-state index >= 15 is 0 Å². The Morgan fingerprint density at radius 2 is 0.900 bits per heavy atom. The SMILES string of the molecule is O=C(c1ccccc1Br)N1c2cccc3c2N2c4c(cccc4N(C(=O)c4ccccc4Br)c4cccc1c42)O3. The molecule has 0 spiro atoms. The maximum atomic E-state index is 14.3. The molecule has 0 saturated carbocycles. The van der Waals surface area contributed by atoms with Gasteiger partial charge in [-0.15, -0.1) is 0 Å². The number of rotatable bonds is 2. The summed E-state index contributed by atoms with van der Waals surface area (Å²) in [5.74, 6) is 0.890. The molecule has 8 heteroatoms. The predicted octanol–water partition coefficient (Wildman–Crippen LogP) is 9.37. The summed E-state index contributed by atoms with van der Waals surface area (Å²) in [5.41, 5.74) is 6.08. The van der Waals surface area contributed by atoms with Gasteiger partial charge in [0, 0.05) is 8.95 Å². The highest BCUT2D eigenvalue weighted by Crippen LogP contribution is 2.67. The van der Waals surface area contributed by atoms with Gasteiger partial charge in [0.1, 0.15) is 11.4 Å². The van der Waals surface area contributed by atoms with E-state index in [2.05, 4.69) is 36.8 Å². The Balaban J connectivity index is 1.44. The van der Waals surface area contributed by atoms with Crippen molar-refractivity contribution in [2.45, 2.75) is 0 Å². The maximum absolute atomic E-state index is 14.3. The van der Waals surface area contributed by atoms with Crippen LogP contribution in [0.1, 0.15) is 20.7 Å². The molecule has 0 saturated heterocycles. The topological polar surface area (TPSA) is 53.1 Å². The molecule has 0 fully saturated rings. The van der Waals surface area contributed by atoms with Crippen molar-refractivity contribution in [1.29, 1.82) is 0 Å². The molecule has 192 valence electrons. The quantitative estimate of drug-likeness (QED) is 0.187. The molecule has 5 aromatic carbocycles. The molecule has 0 aliphatic carbocycles. The molecule has 3 aliphatic rings. The predicted molar refractivity (Wildman–Crippen MR) is 162 cm³/mol. The van der Waals surface area contributed by atoms with E-state index in [9.17, 15) is 9.59 Å². The fourth-order valence-corrected chi connectivity index (χ4v) is 6.68. The summed E-state index contributed by atoms with van der Waals surface area (Å²) in [7, 11) is 0. The number of benzene rings is 5. The number of hydrogen-bond acceptors (Lipinski definition) is 4. The Morgan fingerprint density at radius 3 is 1.35 bits per heavy atom. The van der Waals surface area contributed by atoms with Crippen molar-refractivity contribution in [3.8, 4) is 11.5 Å². The van der Waals surface area contributed by atoms with Crippen LogP contribution in [-0.4, -0.2) is 11.8 Å². The number of ether oxygens (including phenoxy) is 1. The van der Waals surface area contributed by atoms with Gasteiger partial charge in [0.05, 0.1) is 39.6 Å². The maximum Gasteiger partial charge on any atom is 0.264 e. The molecule has 6 nitrogen and oxygen atoms in total. The van der Waals surface area contributed by atoms with Gasteiger partial charge in [0.2, 0.25) is 0 Å². The minimum atomic E-state index is -0.192. The van der Waals surface area contributed by atoms with Gasteiger partial charge in [-0.3, -0.25) is 24.3 Å². The summed E-state index contributed by atoms with van der Waals surface area (Å²) in [6, 6.07) is 32.0. The van der Waals surface area contributed by atoms with E-state index in [0.29, 0.717) is 54.3 Å². The van der Waals surface area contributed by atoms with Crippen molar-refractivity contribution in [3.63, 3.8) is 0 Å². The van der Waals surface area contributed by atoms with Gasteiger partial charge in [-0.2, -0.15) is 0 Å². The molecule has 3 aliphatic heterocycles. The monoisotopic (exact) mass is 649 g/mol. The van der Waals surface area contributed by atoms with E-state index in [0.717, 1.165) is 17.1 Å². The molecule has 0 aromatic heterocycles. The molecule has 40 heavy (non-hydrogen) atoms. The summed E-state index contributed by atoms with van der Waals surface area (Å²) in [4.78, 5) is 34.1. The lowest BCUT2D eigenvalue weighted by atomic mass is 9.96. The summed E-state index contributed by atoms with van der Waals surface area (Å²) < 4.78 is 7.83. The van der Waals surface area contributed by atoms with Gasteiger partial charge in [0.25, 0.3) is 11.8 Å². The second kappa shape index (κ2) is 8.55. The summed E-state index contributed by atoms with van der Waals surface area (Å²) in [5, 5.41) is 0. The molecule has 0 unspecified atom stereocenters. The van der Waals surface area contributed by atoms with Gasteiger partial charge >= 0.3 is 0 Å². The first kappa shape index (κ1) is 23.5. The molecular weight excluding hydrogens is 634 g/mol. The fourth-order valence-electron chi connectivity index (χ4n) is 5.77.